The van der Waals surface area contributed by atoms with Gasteiger partial charge in [0.1, 0.15) is 0 Å². The standard InChI is InChI=1S/C16H27NOS/c1-6-7-13-16(5,14-11-9-8-10-12-14)17-19(18)15(2,3)4/h8-12,17H,6-7,13H2,1-5H3/t16-,19+/m0/s1. The fourth-order valence-corrected chi connectivity index (χ4v) is 2.88. The van der Waals surface area contributed by atoms with Crippen molar-refractivity contribution in [2.24, 2.45) is 0 Å². The molecular formula is C16H27NOS. The van der Waals surface area contributed by atoms with Gasteiger partial charge in [-0.25, -0.2) is 8.93 Å². The number of nitrogens with one attached hydrogen (secondary N) is 1. The molecule has 1 rings (SSSR count). The summed E-state index contributed by atoms with van der Waals surface area (Å²) in [7, 11) is -1.06. The van der Waals surface area contributed by atoms with Crippen molar-refractivity contribution in [2.75, 3.05) is 0 Å². The summed E-state index contributed by atoms with van der Waals surface area (Å²) in [6.07, 6.45) is 3.27. The first kappa shape index (κ1) is 16.4. The Labute approximate surface area is 120 Å². The summed E-state index contributed by atoms with van der Waals surface area (Å²) in [5.41, 5.74) is 0.983. The van der Waals surface area contributed by atoms with Crippen LogP contribution in [-0.2, 0) is 16.5 Å². The zero-order valence-electron chi connectivity index (χ0n) is 12.8. The fourth-order valence-electron chi connectivity index (χ4n) is 1.95. The summed E-state index contributed by atoms with van der Waals surface area (Å²) in [6, 6.07) is 10.3. The minimum atomic E-state index is -1.06. The summed E-state index contributed by atoms with van der Waals surface area (Å²) in [5.74, 6) is 0. The van der Waals surface area contributed by atoms with E-state index in [9.17, 15) is 4.21 Å². The van der Waals surface area contributed by atoms with Gasteiger partial charge in [0.2, 0.25) is 0 Å². The van der Waals surface area contributed by atoms with E-state index < -0.39 is 11.0 Å². The Morgan fingerprint density at radius 2 is 1.68 bits per heavy atom. The molecule has 0 aliphatic rings. The molecule has 1 aromatic rings. The quantitative estimate of drug-likeness (QED) is 0.834. The number of rotatable bonds is 6. The lowest BCUT2D eigenvalue weighted by Gasteiger charge is -2.34. The van der Waals surface area contributed by atoms with Gasteiger partial charge in [0.25, 0.3) is 0 Å². The molecule has 0 radical (unpaired) electrons. The van der Waals surface area contributed by atoms with Crippen LogP contribution in [0.2, 0.25) is 0 Å². The van der Waals surface area contributed by atoms with E-state index in [1.54, 1.807) is 0 Å². The first-order chi connectivity index (χ1) is 8.79. The lowest BCUT2D eigenvalue weighted by Crippen LogP contribution is -2.46. The predicted octanol–water partition coefficient (Wildman–Crippen LogP) is 4.14. The van der Waals surface area contributed by atoms with E-state index in [0.29, 0.717) is 0 Å². The number of benzene rings is 1. The lowest BCUT2D eigenvalue weighted by molar-refractivity contribution is 0.392. The highest BCUT2D eigenvalue weighted by atomic mass is 32.2. The van der Waals surface area contributed by atoms with Crippen LogP contribution >= 0.6 is 0 Å². The summed E-state index contributed by atoms with van der Waals surface area (Å²) in [5, 5.41) is 0. The fraction of sp³-hybridized carbons (Fsp3) is 0.625. The lowest BCUT2D eigenvalue weighted by atomic mass is 9.88. The molecule has 0 aliphatic carbocycles. The zero-order chi connectivity index (χ0) is 14.5. The molecule has 2 atom stereocenters. The highest BCUT2D eigenvalue weighted by Crippen LogP contribution is 2.28. The van der Waals surface area contributed by atoms with Crippen LogP contribution in [0.3, 0.4) is 0 Å². The Kier molecular flexibility index (Phi) is 5.75. The first-order valence-electron chi connectivity index (χ1n) is 7.05. The maximum Gasteiger partial charge on any atom is 0.0978 e. The van der Waals surface area contributed by atoms with Crippen molar-refractivity contribution in [3.8, 4) is 0 Å². The molecule has 2 nitrogen and oxygen atoms in total. The van der Waals surface area contributed by atoms with E-state index in [4.69, 9.17) is 0 Å². The molecule has 0 aliphatic heterocycles. The van der Waals surface area contributed by atoms with E-state index in [0.717, 1.165) is 19.3 Å². The van der Waals surface area contributed by atoms with Crippen LogP contribution in [0.1, 0.15) is 59.4 Å². The molecule has 0 spiro atoms. The SMILES string of the molecule is CCCC[C@](C)(N[S@](=O)C(C)(C)C)c1ccccc1. The van der Waals surface area contributed by atoms with Crippen molar-refractivity contribution in [2.45, 2.75) is 64.2 Å². The summed E-state index contributed by atoms with van der Waals surface area (Å²) < 4.78 is 15.5. The van der Waals surface area contributed by atoms with Gasteiger partial charge in [-0.15, -0.1) is 0 Å². The van der Waals surface area contributed by atoms with Gasteiger partial charge in [-0.3, -0.25) is 0 Å². The average molecular weight is 281 g/mol. The molecular weight excluding hydrogens is 254 g/mol. The normalized spacial score (nSPS) is 16.9. The van der Waals surface area contributed by atoms with Gasteiger partial charge in [-0.1, -0.05) is 50.1 Å². The second kappa shape index (κ2) is 6.67. The monoisotopic (exact) mass is 281 g/mol. The van der Waals surface area contributed by atoms with Gasteiger partial charge in [0.05, 0.1) is 21.3 Å². The predicted molar refractivity (Wildman–Crippen MR) is 84.4 cm³/mol. The smallest absolute Gasteiger partial charge is 0.0978 e. The van der Waals surface area contributed by atoms with Crippen molar-refractivity contribution in [1.29, 1.82) is 0 Å². The summed E-state index contributed by atoms with van der Waals surface area (Å²) >= 11 is 0. The molecule has 1 aromatic carbocycles. The average Bonchev–Trinajstić information content (AvgIpc) is 2.36. The topological polar surface area (TPSA) is 29.1 Å². The van der Waals surface area contributed by atoms with Gasteiger partial charge in [0, 0.05) is 0 Å². The highest BCUT2D eigenvalue weighted by molar-refractivity contribution is 7.84. The van der Waals surface area contributed by atoms with Crippen LogP contribution < -0.4 is 4.72 Å². The van der Waals surface area contributed by atoms with Crippen molar-refractivity contribution in [3.05, 3.63) is 35.9 Å². The minimum Gasteiger partial charge on any atom is -0.242 e. The molecule has 0 unspecified atom stereocenters. The van der Waals surface area contributed by atoms with Crippen molar-refractivity contribution in [1.82, 2.24) is 4.72 Å². The zero-order valence-corrected chi connectivity index (χ0v) is 13.6. The minimum absolute atomic E-state index is 0.227. The molecule has 19 heavy (non-hydrogen) atoms. The van der Waals surface area contributed by atoms with Crippen LogP contribution in [0.4, 0.5) is 0 Å². The Hall–Kier alpha value is -0.670. The van der Waals surface area contributed by atoms with Crippen molar-refractivity contribution >= 4 is 11.0 Å². The largest absolute Gasteiger partial charge is 0.242 e. The summed E-state index contributed by atoms with van der Waals surface area (Å²) in [6.45, 7) is 10.3. The molecule has 0 amide bonds. The second-order valence-electron chi connectivity index (χ2n) is 6.28. The molecule has 0 aromatic heterocycles. The van der Waals surface area contributed by atoms with E-state index >= 15 is 0 Å². The van der Waals surface area contributed by atoms with Gasteiger partial charge >= 0.3 is 0 Å². The first-order valence-corrected chi connectivity index (χ1v) is 8.20. The van der Waals surface area contributed by atoms with Crippen LogP contribution in [0.25, 0.3) is 0 Å². The molecule has 1 N–H and O–H groups in total. The van der Waals surface area contributed by atoms with E-state index in [2.05, 4.69) is 30.7 Å². The Morgan fingerprint density at radius 1 is 1.11 bits per heavy atom. The number of hydrogen-bond donors (Lipinski definition) is 1. The van der Waals surface area contributed by atoms with Gasteiger partial charge in [0.15, 0.2) is 0 Å². The maximum absolute atomic E-state index is 12.4. The molecule has 0 heterocycles. The Balaban J connectivity index is 2.97. The van der Waals surface area contributed by atoms with Gasteiger partial charge < -0.3 is 0 Å². The second-order valence-corrected chi connectivity index (χ2v) is 8.25. The molecule has 0 saturated heterocycles. The van der Waals surface area contributed by atoms with Crippen molar-refractivity contribution < 1.29 is 4.21 Å². The van der Waals surface area contributed by atoms with E-state index in [1.165, 1.54) is 5.56 Å². The van der Waals surface area contributed by atoms with E-state index in [1.807, 2.05) is 39.0 Å². The van der Waals surface area contributed by atoms with Crippen LogP contribution in [0, 0.1) is 0 Å². The molecule has 3 heteroatoms. The van der Waals surface area contributed by atoms with Gasteiger partial charge in [-0.2, -0.15) is 0 Å². The third-order valence-electron chi connectivity index (χ3n) is 3.32. The highest BCUT2D eigenvalue weighted by Gasteiger charge is 2.31. The Morgan fingerprint density at radius 3 is 2.16 bits per heavy atom. The van der Waals surface area contributed by atoms with Crippen LogP contribution in [-0.4, -0.2) is 8.96 Å². The third kappa shape index (κ3) is 4.73. The summed E-state index contributed by atoms with van der Waals surface area (Å²) in [4.78, 5) is 0. The van der Waals surface area contributed by atoms with Crippen molar-refractivity contribution in [3.63, 3.8) is 0 Å². The Bertz CT molecular complexity index is 411. The van der Waals surface area contributed by atoms with Gasteiger partial charge in [-0.05, 0) is 39.7 Å². The number of hydrogen-bond acceptors (Lipinski definition) is 1. The number of unbranched alkanes of at least 4 members (excludes halogenated alkanes) is 1. The maximum atomic E-state index is 12.4. The van der Waals surface area contributed by atoms with E-state index in [-0.39, 0.29) is 10.3 Å². The third-order valence-corrected chi connectivity index (χ3v) is 5.06. The molecule has 0 fully saturated rings. The molecule has 108 valence electrons. The molecule has 0 saturated carbocycles. The van der Waals surface area contributed by atoms with Crippen LogP contribution in [0.15, 0.2) is 30.3 Å². The molecule has 0 bridgehead atoms. The van der Waals surface area contributed by atoms with Crippen LogP contribution in [0.5, 0.6) is 0 Å².